The fraction of sp³-hybridized carbons (Fsp3) is 0.289. The van der Waals surface area contributed by atoms with Gasteiger partial charge < -0.3 is 28.4 Å². The van der Waals surface area contributed by atoms with Gasteiger partial charge in [0, 0.05) is 22.1 Å². The van der Waals surface area contributed by atoms with Crippen LogP contribution in [0.5, 0.6) is 17.2 Å². The van der Waals surface area contributed by atoms with Crippen molar-refractivity contribution in [1.82, 2.24) is 0 Å². The Kier molecular flexibility index (Phi) is 13.9. The smallest absolute Gasteiger partial charge is 0.334 e. The van der Waals surface area contributed by atoms with Crippen LogP contribution in [-0.2, 0) is 34.0 Å². The maximum Gasteiger partial charge on any atom is 0.334 e. The van der Waals surface area contributed by atoms with Crippen LogP contribution in [-0.4, -0.2) is 56.4 Å². The Morgan fingerprint density at radius 2 is 0.740 bits per heavy atom. The van der Waals surface area contributed by atoms with E-state index in [4.69, 9.17) is 45.6 Å². The number of carbonyl (C=O) groups excluding carboxylic acids is 3. The molecule has 12 heteroatoms. The molecule has 0 aromatic heterocycles. The maximum absolute atomic E-state index is 11.8. The summed E-state index contributed by atoms with van der Waals surface area (Å²) in [7, 11) is 0. The minimum atomic E-state index is -0.967. The van der Waals surface area contributed by atoms with Crippen LogP contribution in [0.1, 0.15) is 44.4 Å². The van der Waals surface area contributed by atoms with Crippen molar-refractivity contribution in [3.05, 3.63) is 126 Å². The van der Waals surface area contributed by atoms with E-state index in [2.05, 4.69) is 26.7 Å². The second kappa shape index (κ2) is 17.8. The summed E-state index contributed by atoms with van der Waals surface area (Å²) < 4.78 is 32.6. The van der Waals surface area contributed by atoms with Gasteiger partial charge in [0.2, 0.25) is 0 Å². The van der Waals surface area contributed by atoms with Crippen molar-refractivity contribution in [3.63, 3.8) is 0 Å². The van der Waals surface area contributed by atoms with Gasteiger partial charge in [-0.2, -0.15) is 0 Å². The second-order valence-electron chi connectivity index (χ2n) is 11.8. The van der Waals surface area contributed by atoms with Gasteiger partial charge in [0.05, 0.1) is 0 Å². The van der Waals surface area contributed by atoms with E-state index >= 15 is 0 Å². The molecule has 3 unspecified atom stereocenters. The quantitative estimate of drug-likeness (QED) is 0.0564. The molecule has 0 saturated heterocycles. The molecule has 0 saturated carbocycles. The van der Waals surface area contributed by atoms with Crippen molar-refractivity contribution in [1.29, 1.82) is 0 Å². The summed E-state index contributed by atoms with van der Waals surface area (Å²) in [4.78, 5) is 35.3. The topological polar surface area (TPSA) is 185 Å². The van der Waals surface area contributed by atoms with E-state index in [1.807, 2.05) is 36.4 Å². The Morgan fingerprint density at radius 3 is 0.940 bits per heavy atom. The monoisotopic (exact) mass is 687 g/mol. The Hall–Kier alpha value is -5.43. The third-order valence-corrected chi connectivity index (χ3v) is 7.36. The van der Waals surface area contributed by atoms with E-state index in [1.165, 1.54) is 20.8 Å². The molecule has 3 atom stereocenters. The molecule has 0 radical (unpaired) electrons. The van der Waals surface area contributed by atoms with Gasteiger partial charge in [-0.05, 0) is 80.8 Å². The predicted molar refractivity (Wildman–Crippen MR) is 188 cm³/mol. The number of carbonyl (C=O) groups is 3. The molecule has 266 valence electrons. The summed E-state index contributed by atoms with van der Waals surface area (Å²) in [6, 6.07) is 22.4. The molecule has 50 heavy (non-hydrogen) atoms. The lowest BCUT2D eigenvalue weighted by molar-refractivity contribution is -0.146. The molecule has 12 nitrogen and oxygen atoms in total. The van der Waals surface area contributed by atoms with Crippen LogP contribution in [0.15, 0.2) is 109 Å². The Bertz CT molecular complexity index is 1470. The fourth-order valence-corrected chi connectivity index (χ4v) is 4.50. The number of hydrogen-bond donors (Lipinski definition) is 3. The van der Waals surface area contributed by atoms with Gasteiger partial charge >= 0.3 is 17.9 Å². The summed E-state index contributed by atoms with van der Waals surface area (Å²) in [6.07, 6.45) is -2.90. The molecule has 0 fully saturated rings. The molecule has 6 N–H and O–H groups in total. The van der Waals surface area contributed by atoms with Crippen LogP contribution in [0.2, 0.25) is 0 Å². The van der Waals surface area contributed by atoms with E-state index in [9.17, 15) is 14.4 Å². The van der Waals surface area contributed by atoms with Crippen LogP contribution in [0.4, 0.5) is 0 Å². The summed E-state index contributed by atoms with van der Waals surface area (Å²) in [6.45, 7) is 17.2. The molecular formula is C38H45N3O9. The van der Waals surface area contributed by atoms with E-state index < -0.39 is 42.0 Å². The van der Waals surface area contributed by atoms with E-state index in [0.717, 1.165) is 16.7 Å². The van der Waals surface area contributed by atoms with Crippen LogP contribution in [0.25, 0.3) is 0 Å². The van der Waals surface area contributed by atoms with E-state index in [1.54, 1.807) is 36.4 Å². The lowest BCUT2D eigenvalue weighted by Crippen LogP contribution is -2.33. The van der Waals surface area contributed by atoms with E-state index in [-0.39, 0.29) is 36.5 Å². The Balaban J connectivity index is 1.84. The van der Waals surface area contributed by atoms with Gasteiger partial charge in [0.25, 0.3) is 0 Å². The van der Waals surface area contributed by atoms with Gasteiger partial charge in [0.1, 0.15) is 37.1 Å². The van der Waals surface area contributed by atoms with Gasteiger partial charge in [-0.3, -0.25) is 17.2 Å². The van der Waals surface area contributed by atoms with Gasteiger partial charge in [-0.25, -0.2) is 14.4 Å². The summed E-state index contributed by atoms with van der Waals surface area (Å²) in [5.74, 6) is -0.206. The highest BCUT2D eigenvalue weighted by molar-refractivity contribution is 5.87. The van der Waals surface area contributed by atoms with Crippen molar-refractivity contribution < 1.29 is 42.8 Å². The highest BCUT2D eigenvalue weighted by Gasteiger charge is 2.31. The summed E-state index contributed by atoms with van der Waals surface area (Å²) in [5, 5.41) is 0. The SMILES string of the molecule is C=C(C)C(=O)OC(N)COc1ccc(C(C)(c2ccc(OCC(N)OC(=O)C(=C)C)cc2)c2ccc(OCC(N)OC(=O)C(=C)C)cc2)cc1. The van der Waals surface area contributed by atoms with E-state index in [0.29, 0.717) is 17.2 Å². The second-order valence-corrected chi connectivity index (χ2v) is 11.8. The number of benzene rings is 3. The lowest BCUT2D eigenvalue weighted by atomic mass is 9.71. The molecule has 0 bridgehead atoms. The average molecular weight is 688 g/mol. The highest BCUT2D eigenvalue weighted by atomic mass is 16.6. The van der Waals surface area contributed by atoms with Crippen LogP contribution < -0.4 is 31.4 Å². The maximum atomic E-state index is 11.8. The van der Waals surface area contributed by atoms with Crippen molar-refractivity contribution in [2.45, 2.75) is 51.8 Å². The fourth-order valence-electron chi connectivity index (χ4n) is 4.50. The molecule has 0 amide bonds. The first kappa shape index (κ1) is 39.0. The molecule has 0 heterocycles. The van der Waals surface area contributed by atoms with Crippen molar-refractivity contribution in [2.75, 3.05) is 19.8 Å². The zero-order valence-corrected chi connectivity index (χ0v) is 28.8. The third-order valence-electron chi connectivity index (χ3n) is 7.36. The number of hydrogen-bond acceptors (Lipinski definition) is 12. The first-order valence-electron chi connectivity index (χ1n) is 15.7. The van der Waals surface area contributed by atoms with Crippen molar-refractivity contribution in [3.8, 4) is 17.2 Å². The largest absolute Gasteiger partial charge is 0.488 e. The first-order chi connectivity index (χ1) is 23.6. The number of esters is 3. The summed E-state index contributed by atoms with van der Waals surface area (Å²) in [5.41, 5.74) is 20.4. The Morgan fingerprint density at radius 1 is 0.520 bits per heavy atom. The van der Waals surface area contributed by atoms with Crippen LogP contribution in [0.3, 0.4) is 0 Å². The lowest BCUT2D eigenvalue weighted by Gasteiger charge is -2.32. The average Bonchev–Trinajstić information content (AvgIpc) is 3.09. The molecule has 3 aromatic carbocycles. The van der Waals surface area contributed by atoms with Crippen molar-refractivity contribution in [2.24, 2.45) is 17.2 Å². The minimum absolute atomic E-state index is 0.0509. The normalized spacial score (nSPS) is 13.7. The standard InChI is InChI=1S/C38H45N3O9/c1-23(2)35(42)48-32(39)20-45-29-14-8-26(9-15-29)38(7,27-10-16-30(17-11-27)46-21-33(40)49-36(43)24(3)4)28-12-18-31(19-13-28)47-22-34(41)50-37(44)25(5)6/h8-19,32-34H,1,3,5,20-22,39-41H2,2,4,6-7H3. The zero-order chi connectivity index (χ0) is 37.0. The molecule has 0 aliphatic rings. The molecule has 3 aromatic rings. The number of nitrogens with two attached hydrogens (primary N) is 3. The minimum Gasteiger partial charge on any atom is -0.488 e. The number of rotatable bonds is 18. The number of ether oxygens (including phenoxy) is 6. The highest BCUT2D eigenvalue weighted by Crippen LogP contribution is 2.40. The molecule has 3 rings (SSSR count). The summed E-state index contributed by atoms with van der Waals surface area (Å²) >= 11 is 0. The van der Waals surface area contributed by atoms with Crippen LogP contribution >= 0.6 is 0 Å². The molecule has 0 aliphatic carbocycles. The van der Waals surface area contributed by atoms with Crippen LogP contribution in [0, 0.1) is 0 Å². The van der Waals surface area contributed by atoms with Crippen molar-refractivity contribution >= 4 is 17.9 Å². The Labute approximate surface area is 292 Å². The molecular weight excluding hydrogens is 642 g/mol. The predicted octanol–water partition coefficient (Wildman–Crippen LogP) is 4.39. The van der Waals surface area contributed by atoms with Gasteiger partial charge in [0.15, 0.2) is 18.7 Å². The zero-order valence-electron chi connectivity index (χ0n) is 28.8. The van der Waals surface area contributed by atoms with Gasteiger partial charge in [-0.15, -0.1) is 0 Å². The molecule has 0 spiro atoms. The van der Waals surface area contributed by atoms with Gasteiger partial charge in [-0.1, -0.05) is 56.1 Å². The first-order valence-corrected chi connectivity index (χ1v) is 15.7. The molecule has 0 aliphatic heterocycles. The third kappa shape index (κ3) is 11.1.